The summed E-state index contributed by atoms with van der Waals surface area (Å²) < 4.78 is 18.8. The number of aryl methyl sites for hydroxylation is 1. The van der Waals surface area contributed by atoms with Gasteiger partial charge in [0, 0.05) is 0 Å². The Hall–Kier alpha value is -2.79. The highest BCUT2D eigenvalue weighted by Crippen LogP contribution is 2.25. The van der Waals surface area contributed by atoms with E-state index in [0.29, 0.717) is 24.0 Å². The van der Waals surface area contributed by atoms with Gasteiger partial charge in [-0.05, 0) is 48.7 Å². The number of nitrogens with one attached hydrogen (secondary N) is 1. The molecule has 0 saturated carbocycles. The average Bonchev–Trinajstić information content (AvgIpc) is 2.64. The summed E-state index contributed by atoms with van der Waals surface area (Å²) in [7, 11) is 1.58. The summed E-state index contributed by atoms with van der Waals surface area (Å²) in [4.78, 5) is 6.67. The molecule has 6 heteroatoms. The van der Waals surface area contributed by atoms with Crippen LogP contribution >= 0.6 is 11.6 Å². The highest BCUT2D eigenvalue weighted by atomic mass is 35.5. The van der Waals surface area contributed by atoms with Gasteiger partial charge in [0.05, 0.1) is 36.3 Å². The van der Waals surface area contributed by atoms with Crippen molar-refractivity contribution in [3.05, 3.63) is 88.2 Å². The first-order valence-corrected chi connectivity index (χ1v) is 8.84. The zero-order chi connectivity index (χ0) is 19.6. The van der Waals surface area contributed by atoms with Gasteiger partial charge in [-0.2, -0.15) is 0 Å². The third kappa shape index (κ3) is 4.14. The van der Waals surface area contributed by atoms with Crippen LogP contribution in [0, 0.1) is 19.7 Å². The molecule has 0 atom stereocenters. The molecule has 1 N–H and O–H groups in total. The van der Waals surface area contributed by atoms with Crippen molar-refractivity contribution in [2.75, 3.05) is 7.11 Å². The maximum atomic E-state index is 13.5. The van der Waals surface area contributed by atoms with Crippen LogP contribution in [-0.4, -0.2) is 18.0 Å². The van der Waals surface area contributed by atoms with E-state index in [-0.39, 0.29) is 5.02 Å². The molecule has 0 spiro atoms. The first-order valence-electron chi connectivity index (χ1n) is 8.46. The maximum absolute atomic E-state index is 13.5. The normalized spacial score (nSPS) is 15.6. The second-order valence-corrected chi connectivity index (χ2v) is 6.74. The van der Waals surface area contributed by atoms with Gasteiger partial charge in [0.25, 0.3) is 0 Å². The number of hydrogen-bond donors (Lipinski definition) is 1. The quantitative estimate of drug-likeness (QED) is 0.786. The molecular formula is C21H21ClFN3O. The van der Waals surface area contributed by atoms with Crippen molar-refractivity contribution in [3.63, 3.8) is 0 Å². The molecule has 3 rings (SSSR count). The number of benzene rings is 2. The predicted octanol–water partition coefficient (Wildman–Crippen LogP) is 5.19. The molecule has 1 aliphatic heterocycles. The van der Waals surface area contributed by atoms with E-state index >= 15 is 0 Å². The van der Waals surface area contributed by atoms with Crippen LogP contribution in [0.2, 0.25) is 5.02 Å². The summed E-state index contributed by atoms with van der Waals surface area (Å²) in [6.45, 7) is 8.51. The molecule has 0 amide bonds. The van der Waals surface area contributed by atoms with E-state index in [4.69, 9.17) is 21.3 Å². The van der Waals surface area contributed by atoms with Gasteiger partial charge in [-0.3, -0.25) is 0 Å². The summed E-state index contributed by atoms with van der Waals surface area (Å²) in [6, 6.07) is 10.6. The minimum Gasteiger partial charge on any atom is -0.493 e. The van der Waals surface area contributed by atoms with Crippen molar-refractivity contribution >= 4 is 23.2 Å². The number of aliphatic imine (C=N–C) groups is 1. The van der Waals surface area contributed by atoms with Crippen LogP contribution in [-0.2, 0) is 11.3 Å². The minimum atomic E-state index is -0.442. The second-order valence-electron chi connectivity index (χ2n) is 6.33. The summed E-state index contributed by atoms with van der Waals surface area (Å²) in [5.74, 6) is 0.765. The molecule has 4 nitrogen and oxygen atoms in total. The molecule has 1 aliphatic rings. The zero-order valence-corrected chi connectivity index (χ0v) is 16.3. The van der Waals surface area contributed by atoms with Crippen molar-refractivity contribution in [1.29, 1.82) is 0 Å². The van der Waals surface area contributed by atoms with Crippen LogP contribution in [0.4, 0.5) is 10.1 Å². The highest BCUT2D eigenvalue weighted by molar-refractivity contribution is 6.30. The van der Waals surface area contributed by atoms with Gasteiger partial charge in [0.15, 0.2) is 5.76 Å². The Morgan fingerprint density at radius 3 is 2.74 bits per heavy atom. The Kier molecular flexibility index (Phi) is 5.51. The first-order chi connectivity index (χ1) is 12.9. The lowest BCUT2D eigenvalue weighted by Gasteiger charge is -2.30. The number of methoxy groups -OCH3 is 1. The standard InChI is InChI=1S/C21H21ClFN3O/c1-13-6-5-7-19(14(13)2)25-21-24-15(3)20(27-4)12-26(21)11-16-8-9-18(23)17(22)10-16/h5-10,12H,3,11H2,1-2,4H3,(H,24,25). The van der Waals surface area contributed by atoms with Crippen molar-refractivity contribution < 1.29 is 9.13 Å². The predicted molar refractivity (Wildman–Crippen MR) is 107 cm³/mol. The zero-order valence-electron chi connectivity index (χ0n) is 15.5. The second kappa shape index (κ2) is 7.84. The smallest absolute Gasteiger partial charge is 0.208 e. The van der Waals surface area contributed by atoms with Crippen molar-refractivity contribution in [3.8, 4) is 0 Å². The number of halogens is 2. The fraction of sp³-hybridized carbons (Fsp3) is 0.190. The number of hydrogen-bond acceptors (Lipinski definition) is 2. The van der Waals surface area contributed by atoms with E-state index in [0.717, 1.165) is 22.4 Å². The van der Waals surface area contributed by atoms with Gasteiger partial charge in [-0.15, -0.1) is 0 Å². The lowest BCUT2D eigenvalue weighted by Crippen LogP contribution is -2.41. The van der Waals surface area contributed by atoms with Crippen molar-refractivity contribution in [2.24, 2.45) is 4.99 Å². The Morgan fingerprint density at radius 1 is 1.26 bits per heavy atom. The van der Waals surface area contributed by atoms with Crippen LogP contribution in [0.3, 0.4) is 0 Å². The van der Waals surface area contributed by atoms with Crippen LogP contribution in [0.1, 0.15) is 16.7 Å². The summed E-state index contributed by atoms with van der Waals surface area (Å²) in [5.41, 5.74) is 4.59. The molecule has 1 heterocycles. The van der Waals surface area contributed by atoms with Crippen LogP contribution in [0.5, 0.6) is 0 Å². The van der Waals surface area contributed by atoms with Gasteiger partial charge in [0.2, 0.25) is 5.96 Å². The van der Waals surface area contributed by atoms with Crippen molar-refractivity contribution in [2.45, 2.75) is 20.4 Å². The first kappa shape index (κ1) is 19.0. The molecule has 0 unspecified atom stereocenters. The van der Waals surface area contributed by atoms with Gasteiger partial charge < -0.3 is 15.0 Å². The molecule has 2 aromatic carbocycles. The lowest BCUT2D eigenvalue weighted by molar-refractivity contribution is 0.282. The van der Waals surface area contributed by atoms with E-state index in [2.05, 4.69) is 11.9 Å². The molecule has 27 heavy (non-hydrogen) atoms. The fourth-order valence-corrected chi connectivity index (χ4v) is 2.95. The minimum absolute atomic E-state index is 0.0887. The van der Waals surface area contributed by atoms with Gasteiger partial charge >= 0.3 is 0 Å². The number of guanidine groups is 1. The maximum Gasteiger partial charge on any atom is 0.208 e. The third-order valence-electron chi connectivity index (χ3n) is 4.46. The summed E-state index contributed by atoms with van der Waals surface area (Å²) >= 11 is 5.92. The Bertz CT molecular complexity index is 952. The number of nitrogens with zero attached hydrogens (tertiary/aromatic N) is 2. The van der Waals surface area contributed by atoms with Crippen LogP contribution in [0.15, 0.2) is 65.6 Å². The van der Waals surface area contributed by atoms with E-state index < -0.39 is 5.82 Å². The molecule has 0 bridgehead atoms. The summed E-state index contributed by atoms with van der Waals surface area (Å²) in [5, 5.41) is 3.28. The van der Waals surface area contributed by atoms with Crippen LogP contribution < -0.4 is 5.32 Å². The van der Waals surface area contributed by atoms with Gasteiger partial charge in [0.1, 0.15) is 5.82 Å². The van der Waals surface area contributed by atoms with E-state index in [1.54, 1.807) is 19.2 Å². The average molecular weight is 386 g/mol. The topological polar surface area (TPSA) is 36.9 Å². The molecule has 140 valence electrons. The molecule has 0 fully saturated rings. The monoisotopic (exact) mass is 385 g/mol. The number of rotatable bonds is 4. The third-order valence-corrected chi connectivity index (χ3v) is 4.75. The number of ether oxygens (including phenoxy) is 1. The highest BCUT2D eigenvalue weighted by Gasteiger charge is 2.21. The lowest BCUT2D eigenvalue weighted by atomic mass is 10.1. The molecule has 0 radical (unpaired) electrons. The van der Waals surface area contributed by atoms with Gasteiger partial charge in [-0.1, -0.05) is 36.4 Å². The Balaban J connectivity index is 2.00. The van der Waals surface area contributed by atoms with E-state index in [1.165, 1.54) is 6.07 Å². The Labute approximate surface area is 163 Å². The molecular weight excluding hydrogens is 365 g/mol. The summed E-state index contributed by atoms with van der Waals surface area (Å²) in [6.07, 6.45) is 1.82. The van der Waals surface area contributed by atoms with E-state index in [1.807, 2.05) is 43.1 Å². The Morgan fingerprint density at radius 2 is 2.04 bits per heavy atom. The van der Waals surface area contributed by atoms with E-state index in [9.17, 15) is 4.39 Å². The fourth-order valence-electron chi connectivity index (χ4n) is 2.74. The van der Waals surface area contributed by atoms with Crippen LogP contribution in [0.25, 0.3) is 0 Å². The van der Waals surface area contributed by atoms with Crippen molar-refractivity contribution in [1.82, 2.24) is 10.2 Å². The largest absolute Gasteiger partial charge is 0.493 e. The molecule has 0 aliphatic carbocycles. The van der Waals surface area contributed by atoms with Gasteiger partial charge in [-0.25, -0.2) is 9.38 Å². The molecule has 0 saturated heterocycles. The molecule has 2 aromatic rings. The SMILES string of the molecule is C=C1NC(=Nc2cccc(C)c2C)N(Cc2ccc(F)c(Cl)c2)C=C1OC. The molecule has 0 aromatic heterocycles.